The highest BCUT2D eigenvalue weighted by Gasteiger charge is 2.06. The molecular formula is C11H11N3O3. The maximum absolute atomic E-state index is 11.5. The number of carboxylic acid groups (broad SMARTS) is 1. The van der Waals surface area contributed by atoms with Gasteiger partial charge in [-0.25, -0.2) is 4.98 Å². The predicted octanol–water partition coefficient (Wildman–Crippen LogP) is 0.548. The molecule has 0 saturated carbocycles. The van der Waals surface area contributed by atoms with Crippen LogP contribution in [0, 0.1) is 11.3 Å². The lowest BCUT2D eigenvalue weighted by molar-refractivity contribution is -0.137. The number of pyridine rings is 1. The van der Waals surface area contributed by atoms with E-state index in [9.17, 15) is 9.59 Å². The number of rotatable bonds is 5. The standard InChI is InChI=1S/C11H11N3O3/c12-6-8-3-4-9(14-7-8)11(17)13-5-1-2-10(15)16/h3-4,7H,1-2,5H2,(H,13,17)(H,15,16). The van der Waals surface area contributed by atoms with Gasteiger partial charge in [-0.05, 0) is 18.6 Å². The van der Waals surface area contributed by atoms with E-state index in [1.54, 1.807) is 0 Å². The Labute approximate surface area is 97.9 Å². The fraction of sp³-hybridized carbons (Fsp3) is 0.273. The van der Waals surface area contributed by atoms with E-state index in [4.69, 9.17) is 10.4 Å². The van der Waals surface area contributed by atoms with E-state index < -0.39 is 5.97 Å². The van der Waals surface area contributed by atoms with Crippen molar-refractivity contribution >= 4 is 11.9 Å². The van der Waals surface area contributed by atoms with Crippen LogP contribution >= 0.6 is 0 Å². The van der Waals surface area contributed by atoms with Crippen molar-refractivity contribution in [1.82, 2.24) is 10.3 Å². The molecule has 0 bridgehead atoms. The van der Waals surface area contributed by atoms with Crippen LogP contribution < -0.4 is 5.32 Å². The summed E-state index contributed by atoms with van der Waals surface area (Å²) >= 11 is 0. The second kappa shape index (κ2) is 6.23. The maximum Gasteiger partial charge on any atom is 0.303 e. The topological polar surface area (TPSA) is 103 Å². The lowest BCUT2D eigenvalue weighted by atomic mass is 10.2. The van der Waals surface area contributed by atoms with E-state index in [0.29, 0.717) is 12.0 Å². The van der Waals surface area contributed by atoms with Gasteiger partial charge in [0.05, 0.1) is 5.56 Å². The molecule has 0 aliphatic carbocycles. The van der Waals surface area contributed by atoms with Crippen molar-refractivity contribution in [1.29, 1.82) is 5.26 Å². The Balaban J connectivity index is 2.42. The molecule has 0 aliphatic rings. The molecule has 1 aromatic heterocycles. The summed E-state index contributed by atoms with van der Waals surface area (Å²) in [6.45, 7) is 0.285. The zero-order chi connectivity index (χ0) is 12.7. The van der Waals surface area contributed by atoms with E-state index >= 15 is 0 Å². The molecule has 17 heavy (non-hydrogen) atoms. The molecule has 1 heterocycles. The fourth-order valence-electron chi connectivity index (χ4n) is 1.13. The highest BCUT2D eigenvalue weighted by Crippen LogP contribution is 1.98. The number of nitriles is 1. The van der Waals surface area contributed by atoms with Crippen molar-refractivity contribution in [3.05, 3.63) is 29.6 Å². The number of nitrogens with zero attached hydrogens (tertiary/aromatic N) is 2. The van der Waals surface area contributed by atoms with E-state index in [1.165, 1.54) is 18.3 Å². The molecule has 1 aromatic rings. The summed E-state index contributed by atoms with van der Waals surface area (Å²) in [4.78, 5) is 25.5. The fourth-order valence-corrected chi connectivity index (χ4v) is 1.13. The molecular weight excluding hydrogens is 222 g/mol. The molecule has 1 rings (SSSR count). The Bertz CT molecular complexity index is 448. The number of nitrogens with one attached hydrogen (secondary N) is 1. The zero-order valence-electron chi connectivity index (χ0n) is 9.01. The lowest BCUT2D eigenvalue weighted by Gasteiger charge is -2.03. The Morgan fingerprint density at radius 2 is 2.24 bits per heavy atom. The summed E-state index contributed by atoms with van der Waals surface area (Å²) in [7, 11) is 0. The Hall–Kier alpha value is -2.42. The van der Waals surface area contributed by atoms with Crippen molar-refractivity contribution in [2.24, 2.45) is 0 Å². The average molecular weight is 233 g/mol. The second-order valence-corrected chi connectivity index (χ2v) is 3.30. The van der Waals surface area contributed by atoms with E-state index in [0.717, 1.165) is 0 Å². The number of aromatic nitrogens is 1. The van der Waals surface area contributed by atoms with Crippen molar-refractivity contribution in [3.63, 3.8) is 0 Å². The number of aliphatic carboxylic acids is 1. The normalized spacial score (nSPS) is 9.35. The summed E-state index contributed by atoms with van der Waals surface area (Å²) in [6, 6.07) is 4.85. The third-order valence-electron chi connectivity index (χ3n) is 1.98. The first-order valence-corrected chi connectivity index (χ1v) is 4.99. The van der Waals surface area contributed by atoms with Crippen LogP contribution in [0.25, 0.3) is 0 Å². The molecule has 6 heteroatoms. The lowest BCUT2D eigenvalue weighted by Crippen LogP contribution is -2.25. The zero-order valence-corrected chi connectivity index (χ0v) is 9.01. The van der Waals surface area contributed by atoms with Crippen LogP contribution in [0.4, 0.5) is 0 Å². The quantitative estimate of drug-likeness (QED) is 0.723. The van der Waals surface area contributed by atoms with Crippen LogP contribution in [0.2, 0.25) is 0 Å². The summed E-state index contributed by atoms with van der Waals surface area (Å²) in [5, 5.41) is 19.5. The van der Waals surface area contributed by atoms with E-state index in [-0.39, 0.29) is 24.6 Å². The number of carbonyl (C=O) groups excluding carboxylic acids is 1. The summed E-state index contributed by atoms with van der Waals surface area (Å²) in [5.74, 6) is -1.27. The first kappa shape index (κ1) is 12.6. The van der Waals surface area contributed by atoms with Crippen LogP contribution in [0.1, 0.15) is 28.9 Å². The van der Waals surface area contributed by atoms with Crippen molar-refractivity contribution in [2.45, 2.75) is 12.8 Å². The molecule has 0 spiro atoms. The molecule has 0 aliphatic heterocycles. The van der Waals surface area contributed by atoms with Crippen LogP contribution in [-0.2, 0) is 4.79 Å². The van der Waals surface area contributed by atoms with E-state index in [2.05, 4.69) is 10.3 Å². The second-order valence-electron chi connectivity index (χ2n) is 3.30. The van der Waals surface area contributed by atoms with Crippen molar-refractivity contribution in [2.75, 3.05) is 6.54 Å². The van der Waals surface area contributed by atoms with Gasteiger partial charge in [-0.2, -0.15) is 5.26 Å². The molecule has 2 N–H and O–H groups in total. The third-order valence-corrected chi connectivity index (χ3v) is 1.98. The highest BCUT2D eigenvalue weighted by molar-refractivity contribution is 5.92. The predicted molar refractivity (Wildman–Crippen MR) is 58.2 cm³/mol. The average Bonchev–Trinajstić information content (AvgIpc) is 2.34. The monoisotopic (exact) mass is 233 g/mol. The van der Waals surface area contributed by atoms with Crippen LogP contribution in [0.5, 0.6) is 0 Å². The number of hydrogen-bond donors (Lipinski definition) is 2. The van der Waals surface area contributed by atoms with Gasteiger partial charge in [0.1, 0.15) is 11.8 Å². The first-order chi connectivity index (χ1) is 8.13. The third kappa shape index (κ3) is 4.30. The summed E-state index contributed by atoms with van der Waals surface area (Å²) < 4.78 is 0. The van der Waals surface area contributed by atoms with Gasteiger partial charge in [0.25, 0.3) is 5.91 Å². The molecule has 6 nitrogen and oxygen atoms in total. The van der Waals surface area contributed by atoms with Gasteiger partial charge < -0.3 is 10.4 Å². The van der Waals surface area contributed by atoms with Crippen LogP contribution in [0.15, 0.2) is 18.3 Å². The first-order valence-electron chi connectivity index (χ1n) is 4.99. The Kier molecular flexibility index (Phi) is 4.63. The minimum absolute atomic E-state index is 0.0150. The molecule has 0 radical (unpaired) electrons. The van der Waals surface area contributed by atoms with Crippen LogP contribution in [-0.4, -0.2) is 28.5 Å². The largest absolute Gasteiger partial charge is 0.481 e. The van der Waals surface area contributed by atoms with Gasteiger partial charge in [0.2, 0.25) is 0 Å². The van der Waals surface area contributed by atoms with Crippen molar-refractivity contribution < 1.29 is 14.7 Å². The maximum atomic E-state index is 11.5. The van der Waals surface area contributed by atoms with Gasteiger partial charge in [-0.15, -0.1) is 0 Å². The number of carbonyl (C=O) groups is 2. The molecule has 88 valence electrons. The number of amides is 1. The highest BCUT2D eigenvalue weighted by atomic mass is 16.4. The molecule has 0 fully saturated rings. The van der Waals surface area contributed by atoms with Gasteiger partial charge in [-0.3, -0.25) is 9.59 Å². The molecule has 0 unspecified atom stereocenters. The Morgan fingerprint density at radius 3 is 2.76 bits per heavy atom. The minimum Gasteiger partial charge on any atom is -0.481 e. The molecule has 0 atom stereocenters. The minimum atomic E-state index is -0.893. The number of hydrogen-bond acceptors (Lipinski definition) is 4. The summed E-state index contributed by atoms with van der Waals surface area (Å²) in [6.07, 6.45) is 1.70. The van der Waals surface area contributed by atoms with Gasteiger partial charge >= 0.3 is 5.97 Å². The van der Waals surface area contributed by atoms with Gasteiger partial charge in [0, 0.05) is 19.2 Å². The Morgan fingerprint density at radius 1 is 1.47 bits per heavy atom. The molecule has 1 amide bonds. The van der Waals surface area contributed by atoms with Gasteiger partial charge in [-0.1, -0.05) is 0 Å². The van der Waals surface area contributed by atoms with Crippen LogP contribution in [0.3, 0.4) is 0 Å². The smallest absolute Gasteiger partial charge is 0.303 e. The van der Waals surface area contributed by atoms with E-state index in [1.807, 2.05) is 6.07 Å². The SMILES string of the molecule is N#Cc1ccc(C(=O)NCCCC(=O)O)nc1. The molecule has 0 saturated heterocycles. The number of carboxylic acids is 1. The molecule has 0 aromatic carbocycles. The summed E-state index contributed by atoms with van der Waals surface area (Å²) in [5.41, 5.74) is 0.590. The van der Waals surface area contributed by atoms with Crippen molar-refractivity contribution in [3.8, 4) is 6.07 Å². The van der Waals surface area contributed by atoms with Gasteiger partial charge in [0.15, 0.2) is 0 Å².